The molecule has 19 heavy (non-hydrogen) atoms. The molecule has 0 amide bonds. The van der Waals surface area contributed by atoms with Gasteiger partial charge >= 0.3 is 5.97 Å². The zero-order chi connectivity index (χ0) is 13.7. The number of aliphatic carboxylic acids is 1. The van der Waals surface area contributed by atoms with Crippen LogP contribution < -0.4 is 4.90 Å². The first-order valence-corrected chi connectivity index (χ1v) is 6.42. The van der Waals surface area contributed by atoms with Crippen molar-refractivity contribution in [2.45, 2.75) is 38.1 Å². The highest BCUT2D eigenvalue weighted by Crippen LogP contribution is 2.24. The van der Waals surface area contributed by atoms with E-state index in [0.717, 1.165) is 25.8 Å². The van der Waals surface area contributed by atoms with E-state index in [4.69, 9.17) is 10.4 Å². The summed E-state index contributed by atoms with van der Waals surface area (Å²) in [4.78, 5) is 21.1. The van der Waals surface area contributed by atoms with Gasteiger partial charge in [-0.25, -0.2) is 9.97 Å². The molecule has 0 aromatic carbocycles. The monoisotopic (exact) mass is 260 g/mol. The normalized spacial score (nSPS) is 18.9. The third-order valence-corrected chi connectivity index (χ3v) is 3.33. The fourth-order valence-electron chi connectivity index (χ4n) is 2.40. The number of hydrogen-bond donors (Lipinski definition) is 1. The fraction of sp³-hybridized carbons (Fsp3) is 0.538. The second-order valence-corrected chi connectivity index (χ2v) is 4.63. The number of carbonyl (C=O) groups is 1. The molecule has 1 atom stereocenters. The lowest BCUT2D eigenvalue weighted by molar-refractivity contribution is -0.137. The number of aromatic nitrogens is 2. The summed E-state index contributed by atoms with van der Waals surface area (Å²) >= 11 is 0. The molecule has 0 aliphatic carbocycles. The van der Waals surface area contributed by atoms with E-state index in [9.17, 15) is 4.79 Å². The van der Waals surface area contributed by atoms with Gasteiger partial charge in [-0.3, -0.25) is 4.79 Å². The molecule has 0 radical (unpaired) electrons. The predicted octanol–water partition coefficient (Wildman–Crippen LogP) is 1.57. The maximum absolute atomic E-state index is 10.7. The van der Waals surface area contributed by atoms with Gasteiger partial charge in [-0.1, -0.05) is 0 Å². The third kappa shape index (κ3) is 3.41. The van der Waals surface area contributed by atoms with Crippen LogP contribution in [0.25, 0.3) is 0 Å². The van der Waals surface area contributed by atoms with Gasteiger partial charge in [0.25, 0.3) is 0 Å². The molecule has 0 bridgehead atoms. The lowest BCUT2D eigenvalue weighted by atomic mass is 9.98. The Hall–Kier alpha value is -2.16. The van der Waals surface area contributed by atoms with Crippen molar-refractivity contribution in [1.82, 2.24) is 9.97 Å². The SMILES string of the molecule is N#Cc1ccnc(N2CCCCC2CCC(=O)O)n1. The molecule has 1 aliphatic rings. The average molecular weight is 260 g/mol. The lowest BCUT2D eigenvalue weighted by Gasteiger charge is -2.35. The summed E-state index contributed by atoms with van der Waals surface area (Å²) in [6.45, 7) is 0.819. The minimum absolute atomic E-state index is 0.152. The van der Waals surface area contributed by atoms with E-state index in [2.05, 4.69) is 9.97 Å². The first-order valence-electron chi connectivity index (χ1n) is 6.42. The zero-order valence-electron chi connectivity index (χ0n) is 10.6. The number of anilines is 1. The van der Waals surface area contributed by atoms with Gasteiger partial charge < -0.3 is 10.0 Å². The summed E-state index contributed by atoms with van der Waals surface area (Å²) in [6, 6.07) is 3.72. The van der Waals surface area contributed by atoms with Crippen LogP contribution in [0.1, 0.15) is 37.8 Å². The Bertz CT molecular complexity index is 498. The van der Waals surface area contributed by atoms with Gasteiger partial charge in [-0.2, -0.15) is 5.26 Å². The Kier molecular flexibility index (Phi) is 4.29. The van der Waals surface area contributed by atoms with Crippen molar-refractivity contribution in [1.29, 1.82) is 5.26 Å². The van der Waals surface area contributed by atoms with E-state index < -0.39 is 5.97 Å². The first-order chi connectivity index (χ1) is 9.20. The minimum atomic E-state index is -0.780. The molecule has 6 heteroatoms. The number of nitriles is 1. The number of carboxylic acids is 1. The molecule has 1 N–H and O–H groups in total. The van der Waals surface area contributed by atoms with Gasteiger partial charge in [0.15, 0.2) is 0 Å². The quantitative estimate of drug-likeness (QED) is 0.883. The van der Waals surface area contributed by atoms with Crippen LogP contribution in [0.2, 0.25) is 0 Å². The third-order valence-electron chi connectivity index (χ3n) is 3.33. The maximum atomic E-state index is 10.7. The van der Waals surface area contributed by atoms with Gasteiger partial charge in [0.1, 0.15) is 11.8 Å². The number of carboxylic acid groups (broad SMARTS) is 1. The van der Waals surface area contributed by atoms with E-state index in [-0.39, 0.29) is 12.5 Å². The van der Waals surface area contributed by atoms with Crippen LogP contribution in [0.4, 0.5) is 5.95 Å². The van der Waals surface area contributed by atoms with Crippen LogP contribution >= 0.6 is 0 Å². The summed E-state index contributed by atoms with van der Waals surface area (Å²) < 4.78 is 0. The van der Waals surface area contributed by atoms with Gasteiger partial charge in [0.05, 0.1) is 0 Å². The molecule has 1 saturated heterocycles. The Morgan fingerprint density at radius 2 is 2.42 bits per heavy atom. The Morgan fingerprint density at radius 3 is 3.16 bits per heavy atom. The summed E-state index contributed by atoms with van der Waals surface area (Å²) in [5.74, 6) is -0.244. The molecule has 1 aromatic rings. The molecule has 100 valence electrons. The molecular weight excluding hydrogens is 244 g/mol. The Labute approximate surface area is 111 Å². The minimum Gasteiger partial charge on any atom is -0.481 e. The topological polar surface area (TPSA) is 90.1 Å². The standard InChI is InChI=1S/C13H16N4O2/c14-9-10-6-7-15-13(16-10)17-8-2-1-3-11(17)4-5-12(18)19/h6-7,11H,1-5,8H2,(H,18,19). The molecule has 2 rings (SSSR count). The van der Waals surface area contributed by atoms with Crippen molar-refractivity contribution in [2.75, 3.05) is 11.4 Å². The highest BCUT2D eigenvalue weighted by Gasteiger charge is 2.25. The molecule has 0 spiro atoms. The predicted molar refractivity (Wildman–Crippen MR) is 68.6 cm³/mol. The average Bonchev–Trinajstić information content (AvgIpc) is 2.45. The van der Waals surface area contributed by atoms with E-state index in [1.54, 1.807) is 12.3 Å². The second kappa shape index (κ2) is 6.14. The van der Waals surface area contributed by atoms with Crippen molar-refractivity contribution in [2.24, 2.45) is 0 Å². The highest BCUT2D eigenvalue weighted by molar-refractivity contribution is 5.66. The number of piperidine rings is 1. The first kappa shape index (κ1) is 13.3. The van der Waals surface area contributed by atoms with Gasteiger partial charge in [-0.05, 0) is 31.7 Å². The Balaban J connectivity index is 2.14. The van der Waals surface area contributed by atoms with Crippen LogP contribution in [0.15, 0.2) is 12.3 Å². The van der Waals surface area contributed by atoms with Gasteiger partial charge in [0, 0.05) is 25.2 Å². The molecule has 1 unspecified atom stereocenters. The van der Waals surface area contributed by atoms with Gasteiger partial charge in [-0.15, -0.1) is 0 Å². The maximum Gasteiger partial charge on any atom is 0.303 e. The van der Waals surface area contributed by atoms with Crippen molar-refractivity contribution in [3.63, 3.8) is 0 Å². The number of rotatable bonds is 4. The summed E-state index contributed by atoms with van der Waals surface area (Å²) in [7, 11) is 0. The van der Waals surface area contributed by atoms with Crippen molar-refractivity contribution in [3.05, 3.63) is 18.0 Å². The van der Waals surface area contributed by atoms with Crippen LogP contribution in [0, 0.1) is 11.3 Å². The molecule has 6 nitrogen and oxygen atoms in total. The Morgan fingerprint density at radius 1 is 1.58 bits per heavy atom. The molecule has 1 fully saturated rings. The zero-order valence-corrected chi connectivity index (χ0v) is 10.6. The molecule has 1 aromatic heterocycles. The van der Waals surface area contributed by atoms with Crippen molar-refractivity contribution in [3.8, 4) is 6.07 Å². The molecular formula is C13H16N4O2. The fourth-order valence-corrected chi connectivity index (χ4v) is 2.40. The largest absolute Gasteiger partial charge is 0.481 e. The highest BCUT2D eigenvalue weighted by atomic mass is 16.4. The van der Waals surface area contributed by atoms with E-state index in [1.165, 1.54) is 0 Å². The van der Waals surface area contributed by atoms with Crippen LogP contribution in [0.3, 0.4) is 0 Å². The summed E-state index contributed by atoms with van der Waals surface area (Å²) in [5.41, 5.74) is 0.340. The molecule has 0 saturated carbocycles. The summed E-state index contributed by atoms with van der Waals surface area (Å²) in [5, 5.41) is 17.7. The van der Waals surface area contributed by atoms with E-state index >= 15 is 0 Å². The molecule has 2 heterocycles. The van der Waals surface area contributed by atoms with Gasteiger partial charge in [0.2, 0.25) is 5.95 Å². The smallest absolute Gasteiger partial charge is 0.303 e. The summed E-state index contributed by atoms with van der Waals surface area (Å²) in [6.07, 6.45) is 5.41. The van der Waals surface area contributed by atoms with Crippen LogP contribution in [-0.4, -0.2) is 33.6 Å². The number of hydrogen-bond acceptors (Lipinski definition) is 5. The van der Waals surface area contributed by atoms with Crippen LogP contribution in [-0.2, 0) is 4.79 Å². The lowest BCUT2D eigenvalue weighted by Crippen LogP contribution is -2.41. The van der Waals surface area contributed by atoms with E-state index in [0.29, 0.717) is 18.1 Å². The van der Waals surface area contributed by atoms with Crippen molar-refractivity contribution >= 4 is 11.9 Å². The second-order valence-electron chi connectivity index (χ2n) is 4.63. The number of nitrogens with zero attached hydrogens (tertiary/aromatic N) is 4. The molecule has 1 aliphatic heterocycles. The van der Waals surface area contributed by atoms with E-state index in [1.807, 2.05) is 11.0 Å². The van der Waals surface area contributed by atoms with Crippen LogP contribution in [0.5, 0.6) is 0 Å². The van der Waals surface area contributed by atoms with Crippen molar-refractivity contribution < 1.29 is 9.90 Å².